The molecule has 2 aliphatic heterocycles. The first kappa shape index (κ1) is 12.5. The lowest BCUT2D eigenvalue weighted by molar-refractivity contribution is -0.126. The highest BCUT2D eigenvalue weighted by Crippen LogP contribution is 2.15. The maximum atomic E-state index is 11.7. The van der Waals surface area contributed by atoms with Crippen molar-refractivity contribution in [1.29, 1.82) is 0 Å². The van der Waals surface area contributed by atoms with Gasteiger partial charge in [0.25, 0.3) is 0 Å². The van der Waals surface area contributed by atoms with E-state index >= 15 is 0 Å². The summed E-state index contributed by atoms with van der Waals surface area (Å²) in [4.78, 5) is 25.1. The zero-order valence-electron chi connectivity index (χ0n) is 10.4. The van der Waals surface area contributed by atoms with Crippen molar-refractivity contribution < 1.29 is 9.59 Å². The monoisotopic (exact) mass is 239 g/mol. The van der Waals surface area contributed by atoms with Crippen LogP contribution in [0, 0.1) is 0 Å². The van der Waals surface area contributed by atoms with Gasteiger partial charge in [-0.25, -0.2) is 0 Å². The van der Waals surface area contributed by atoms with Crippen molar-refractivity contribution in [2.75, 3.05) is 19.6 Å². The Bertz CT molecular complexity index is 300. The Hall–Kier alpha value is -0.940. The van der Waals surface area contributed by atoms with Crippen LogP contribution in [0.25, 0.3) is 0 Å². The standard InChI is InChI=1S/C12H21N3O2/c1-2-6-15(8-9-4-3-5-13-9)10-7-11(16)14-12(10)17/h9-10,13H,2-8H2,1H3,(H,14,16,17). The second-order valence-electron chi connectivity index (χ2n) is 4.92. The van der Waals surface area contributed by atoms with E-state index in [1.54, 1.807) is 0 Å². The molecule has 2 fully saturated rings. The fourth-order valence-corrected chi connectivity index (χ4v) is 2.69. The van der Waals surface area contributed by atoms with Gasteiger partial charge < -0.3 is 5.32 Å². The first-order valence-electron chi connectivity index (χ1n) is 6.52. The van der Waals surface area contributed by atoms with Crippen LogP contribution in [0.2, 0.25) is 0 Å². The number of nitrogens with one attached hydrogen (secondary N) is 2. The molecule has 0 spiro atoms. The summed E-state index contributed by atoms with van der Waals surface area (Å²) in [5, 5.41) is 5.83. The fraction of sp³-hybridized carbons (Fsp3) is 0.833. The number of carbonyl (C=O) groups is 2. The van der Waals surface area contributed by atoms with Crippen LogP contribution in [0.15, 0.2) is 0 Å². The van der Waals surface area contributed by atoms with E-state index in [1.165, 1.54) is 12.8 Å². The Kier molecular flexibility index (Phi) is 4.12. The quantitative estimate of drug-likeness (QED) is 0.656. The van der Waals surface area contributed by atoms with Gasteiger partial charge >= 0.3 is 0 Å². The molecule has 2 unspecified atom stereocenters. The SMILES string of the molecule is CCCN(CC1CCCN1)C1CC(=O)NC1=O. The third-order valence-corrected chi connectivity index (χ3v) is 3.51. The topological polar surface area (TPSA) is 61.4 Å². The number of hydrogen-bond donors (Lipinski definition) is 2. The van der Waals surface area contributed by atoms with Gasteiger partial charge in [-0.2, -0.15) is 0 Å². The number of rotatable bonds is 5. The van der Waals surface area contributed by atoms with Gasteiger partial charge in [0, 0.05) is 12.6 Å². The van der Waals surface area contributed by atoms with Crippen LogP contribution in [-0.4, -0.2) is 48.4 Å². The Labute approximate surface area is 102 Å². The van der Waals surface area contributed by atoms with Crippen LogP contribution in [-0.2, 0) is 9.59 Å². The molecule has 2 aliphatic rings. The van der Waals surface area contributed by atoms with Crippen LogP contribution in [0.1, 0.15) is 32.6 Å². The smallest absolute Gasteiger partial charge is 0.244 e. The minimum absolute atomic E-state index is 0.124. The molecule has 0 saturated carbocycles. The predicted octanol–water partition coefficient (Wildman–Crippen LogP) is -0.134. The van der Waals surface area contributed by atoms with E-state index < -0.39 is 0 Å². The highest BCUT2D eigenvalue weighted by molar-refractivity contribution is 6.05. The summed E-state index contributed by atoms with van der Waals surface area (Å²) in [6, 6.07) is 0.231. The lowest BCUT2D eigenvalue weighted by Crippen LogP contribution is -2.46. The minimum Gasteiger partial charge on any atom is -0.313 e. The Morgan fingerprint density at radius 2 is 2.24 bits per heavy atom. The van der Waals surface area contributed by atoms with E-state index in [9.17, 15) is 9.59 Å². The van der Waals surface area contributed by atoms with Gasteiger partial charge in [0.15, 0.2) is 0 Å². The molecule has 5 heteroatoms. The number of nitrogens with zero attached hydrogens (tertiary/aromatic N) is 1. The molecule has 0 bridgehead atoms. The Balaban J connectivity index is 1.95. The van der Waals surface area contributed by atoms with Gasteiger partial charge in [0.05, 0.1) is 12.5 Å². The molecule has 2 saturated heterocycles. The molecular formula is C12H21N3O2. The summed E-state index contributed by atoms with van der Waals surface area (Å²) in [6.45, 7) is 4.92. The largest absolute Gasteiger partial charge is 0.313 e. The average molecular weight is 239 g/mol. The Morgan fingerprint density at radius 3 is 2.76 bits per heavy atom. The predicted molar refractivity (Wildman–Crippen MR) is 64.4 cm³/mol. The van der Waals surface area contributed by atoms with Crippen molar-refractivity contribution in [3.63, 3.8) is 0 Å². The molecular weight excluding hydrogens is 218 g/mol. The normalized spacial score (nSPS) is 29.1. The van der Waals surface area contributed by atoms with Crippen LogP contribution in [0.4, 0.5) is 0 Å². The first-order chi connectivity index (χ1) is 8.20. The van der Waals surface area contributed by atoms with Crippen LogP contribution < -0.4 is 10.6 Å². The molecule has 0 radical (unpaired) electrons. The van der Waals surface area contributed by atoms with Gasteiger partial charge in [-0.05, 0) is 32.4 Å². The molecule has 2 heterocycles. The van der Waals surface area contributed by atoms with Crippen LogP contribution in [0.5, 0.6) is 0 Å². The maximum Gasteiger partial charge on any atom is 0.244 e. The molecule has 5 nitrogen and oxygen atoms in total. The van der Waals surface area contributed by atoms with Gasteiger partial charge in [0.2, 0.25) is 11.8 Å². The average Bonchev–Trinajstić information content (AvgIpc) is 2.88. The van der Waals surface area contributed by atoms with E-state index in [1.807, 2.05) is 0 Å². The molecule has 96 valence electrons. The van der Waals surface area contributed by atoms with Crippen molar-refractivity contribution in [3.8, 4) is 0 Å². The highest BCUT2D eigenvalue weighted by Gasteiger charge is 2.35. The highest BCUT2D eigenvalue weighted by atomic mass is 16.2. The summed E-state index contributed by atoms with van der Waals surface area (Å²) in [5.41, 5.74) is 0. The van der Waals surface area contributed by atoms with Crippen molar-refractivity contribution in [1.82, 2.24) is 15.5 Å². The zero-order valence-corrected chi connectivity index (χ0v) is 10.4. The van der Waals surface area contributed by atoms with E-state index in [4.69, 9.17) is 0 Å². The van der Waals surface area contributed by atoms with Gasteiger partial charge in [0.1, 0.15) is 0 Å². The van der Waals surface area contributed by atoms with Gasteiger partial charge in [-0.3, -0.25) is 19.8 Å². The zero-order chi connectivity index (χ0) is 12.3. The summed E-state index contributed by atoms with van der Waals surface area (Å²) >= 11 is 0. The molecule has 2 amide bonds. The van der Waals surface area contributed by atoms with Crippen molar-refractivity contribution in [2.24, 2.45) is 0 Å². The van der Waals surface area contributed by atoms with E-state index in [0.717, 1.165) is 26.1 Å². The summed E-state index contributed by atoms with van der Waals surface area (Å²) in [5.74, 6) is -0.262. The summed E-state index contributed by atoms with van der Waals surface area (Å²) in [7, 11) is 0. The summed E-state index contributed by atoms with van der Waals surface area (Å²) < 4.78 is 0. The van der Waals surface area contributed by atoms with E-state index in [0.29, 0.717) is 12.5 Å². The van der Waals surface area contributed by atoms with Gasteiger partial charge in [-0.1, -0.05) is 6.92 Å². The van der Waals surface area contributed by atoms with Gasteiger partial charge in [-0.15, -0.1) is 0 Å². The molecule has 2 N–H and O–H groups in total. The number of carbonyl (C=O) groups excluding carboxylic acids is 2. The van der Waals surface area contributed by atoms with Crippen molar-refractivity contribution >= 4 is 11.8 Å². The first-order valence-corrected chi connectivity index (χ1v) is 6.52. The molecule has 0 aromatic rings. The summed E-state index contributed by atoms with van der Waals surface area (Å²) in [6.07, 6.45) is 3.71. The van der Waals surface area contributed by atoms with Crippen molar-refractivity contribution in [2.45, 2.75) is 44.7 Å². The Morgan fingerprint density at radius 1 is 1.41 bits per heavy atom. The van der Waals surface area contributed by atoms with E-state index in [-0.39, 0.29) is 17.9 Å². The van der Waals surface area contributed by atoms with E-state index in [2.05, 4.69) is 22.5 Å². The molecule has 0 aromatic carbocycles. The lowest BCUT2D eigenvalue weighted by atomic mass is 10.1. The molecule has 0 aliphatic carbocycles. The molecule has 2 rings (SSSR count). The van der Waals surface area contributed by atoms with Crippen LogP contribution in [0.3, 0.4) is 0 Å². The molecule has 0 aromatic heterocycles. The molecule has 17 heavy (non-hydrogen) atoms. The second kappa shape index (κ2) is 5.60. The van der Waals surface area contributed by atoms with Crippen LogP contribution >= 0.6 is 0 Å². The molecule has 2 atom stereocenters. The number of imide groups is 1. The third-order valence-electron chi connectivity index (χ3n) is 3.51. The third kappa shape index (κ3) is 3.04. The lowest BCUT2D eigenvalue weighted by Gasteiger charge is -2.28. The second-order valence-corrected chi connectivity index (χ2v) is 4.92. The maximum absolute atomic E-state index is 11.7. The number of hydrogen-bond acceptors (Lipinski definition) is 4. The minimum atomic E-state index is -0.246. The van der Waals surface area contributed by atoms with Crippen molar-refractivity contribution in [3.05, 3.63) is 0 Å². The number of amides is 2. The fourth-order valence-electron chi connectivity index (χ4n) is 2.69.